The molecule has 0 aliphatic carbocycles. The Morgan fingerprint density at radius 3 is 2.71 bits per heavy atom. The van der Waals surface area contributed by atoms with Crippen molar-refractivity contribution in [3.8, 4) is 11.5 Å². The van der Waals surface area contributed by atoms with Gasteiger partial charge in [0.15, 0.2) is 11.5 Å². The van der Waals surface area contributed by atoms with Gasteiger partial charge in [0.1, 0.15) is 0 Å². The van der Waals surface area contributed by atoms with E-state index in [1.165, 1.54) is 0 Å². The van der Waals surface area contributed by atoms with Crippen LogP contribution in [0.3, 0.4) is 0 Å². The summed E-state index contributed by atoms with van der Waals surface area (Å²) >= 11 is 3.36. The molecular formula is C14H14BrNO5. The average Bonchev–Trinajstić information content (AvgIpc) is 2.92. The molecule has 2 aliphatic rings. The van der Waals surface area contributed by atoms with Gasteiger partial charge in [0, 0.05) is 17.6 Å². The molecule has 0 bridgehead atoms. The van der Waals surface area contributed by atoms with Crippen molar-refractivity contribution in [2.75, 3.05) is 19.9 Å². The fraction of sp³-hybridized carbons (Fsp3) is 0.429. The molecule has 21 heavy (non-hydrogen) atoms. The molecule has 2 heterocycles. The van der Waals surface area contributed by atoms with Gasteiger partial charge in [-0.25, -0.2) is 0 Å². The number of carboxylic acids is 1. The predicted octanol–water partition coefficient (Wildman–Crippen LogP) is 2.11. The first-order valence-electron chi connectivity index (χ1n) is 6.67. The molecule has 0 saturated carbocycles. The fourth-order valence-electron chi connectivity index (χ4n) is 2.61. The first-order chi connectivity index (χ1) is 10.1. The Hall–Kier alpha value is -1.76. The molecule has 112 valence electrons. The third-order valence-corrected chi connectivity index (χ3v) is 4.41. The summed E-state index contributed by atoms with van der Waals surface area (Å²) in [5, 5.41) is 9.11. The van der Waals surface area contributed by atoms with Crippen molar-refractivity contribution >= 4 is 27.8 Å². The van der Waals surface area contributed by atoms with Gasteiger partial charge >= 0.3 is 5.97 Å². The molecule has 1 saturated heterocycles. The summed E-state index contributed by atoms with van der Waals surface area (Å²) in [5.74, 6) is -0.396. The number of carbonyl (C=O) groups excluding carboxylic acids is 1. The van der Waals surface area contributed by atoms with E-state index in [0.29, 0.717) is 40.9 Å². The Labute approximate surface area is 129 Å². The molecule has 1 atom stereocenters. The second kappa shape index (κ2) is 5.55. The minimum absolute atomic E-state index is 0.143. The maximum absolute atomic E-state index is 12.6. The van der Waals surface area contributed by atoms with Gasteiger partial charge in [-0.05, 0) is 40.9 Å². The highest BCUT2D eigenvalue weighted by molar-refractivity contribution is 9.10. The minimum atomic E-state index is -0.850. The lowest BCUT2D eigenvalue weighted by molar-refractivity contribution is -0.143. The molecular weight excluding hydrogens is 342 g/mol. The Morgan fingerprint density at radius 2 is 2.00 bits per heavy atom. The van der Waals surface area contributed by atoms with Crippen molar-refractivity contribution in [1.29, 1.82) is 0 Å². The molecule has 1 aromatic carbocycles. The number of fused-ring (bicyclic) bond motifs is 1. The third kappa shape index (κ3) is 2.70. The van der Waals surface area contributed by atoms with E-state index in [2.05, 4.69) is 15.9 Å². The summed E-state index contributed by atoms with van der Waals surface area (Å²) < 4.78 is 11.2. The number of rotatable bonds is 2. The maximum atomic E-state index is 12.6. The van der Waals surface area contributed by atoms with Gasteiger partial charge in [-0.1, -0.05) is 0 Å². The van der Waals surface area contributed by atoms with Crippen LogP contribution in [0.4, 0.5) is 0 Å². The van der Waals surface area contributed by atoms with Crippen LogP contribution in [-0.4, -0.2) is 41.8 Å². The molecule has 1 aromatic rings. The van der Waals surface area contributed by atoms with Crippen LogP contribution in [0.1, 0.15) is 23.2 Å². The van der Waals surface area contributed by atoms with Crippen molar-refractivity contribution in [1.82, 2.24) is 4.90 Å². The number of likely N-dealkylation sites (tertiary alicyclic amines) is 1. The van der Waals surface area contributed by atoms with Gasteiger partial charge in [-0.2, -0.15) is 0 Å². The fourth-order valence-corrected chi connectivity index (χ4v) is 3.11. The van der Waals surface area contributed by atoms with Gasteiger partial charge < -0.3 is 19.5 Å². The zero-order valence-electron chi connectivity index (χ0n) is 11.2. The smallest absolute Gasteiger partial charge is 0.308 e. The van der Waals surface area contributed by atoms with E-state index in [1.54, 1.807) is 17.0 Å². The Bertz CT molecular complexity index is 603. The van der Waals surface area contributed by atoms with Crippen molar-refractivity contribution in [3.63, 3.8) is 0 Å². The van der Waals surface area contributed by atoms with Crippen LogP contribution in [-0.2, 0) is 4.79 Å². The van der Waals surface area contributed by atoms with Gasteiger partial charge in [0.2, 0.25) is 6.79 Å². The third-order valence-electron chi connectivity index (χ3n) is 3.75. The number of halogens is 1. The Morgan fingerprint density at radius 1 is 1.29 bits per heavy atom. The maximum Gasteiger partial charge on any atom is 0.308 e. The van der Waals surface area contributed by atoms with Gasteiger partial charge in [0.05, 0.1) is 11.5 Å². The zero-order chi connectivity index (χ0) is 15.0. The molecule has 2 aliphatic heterocycles. The molecule has 7 heteroatoms. The molecule has 3 rings (SSSR count). The molecule has 1 fully saturated rings. The predicted molar refractivity (Wildman–Crippen MR) is 76.5 cm³/mol. The number of nitrogens with zero attached hydrogens (tertiary/aromatic N) is 1. The number of carbonyl (C=O) groups is 2. The molecule has 1 amide bonds. The van der Waals surface area contributed by atoms with E-state index in [4.69, 9.17) is 14.6 Å². The van der Waals surface area contributed by atoms with E-state index in [9.17, 15) is 9.59 Å². The molecule has 1 N–H and O–H groups in total. The number of carboxylic acid groups (broad SMARTS) is 1. The highest BCUT2D eigenvalue weighted by Crippen LogP contribution is 2.37. The summed E-state index contributed by atoms with van der Waals surface area (Å²) in [6.45, 7) is 0.961. The van der Waals surface area contributed by atoms with Crippen LogP contribution in [0.25, 0.3) is 0 Å². The lowest BCUT2D eigenvalue weighted by Gasteiger charge is -2.31. The van der Waals surface area contributed by atoms with E-state index in [-0.39, 0.29) is 19.2 Å². The Kier molecular flexibility index (Phi) is 3.75. The van der Waals surface area contributed by atoms with Crippen LogP contribution >= 0.6 is 15.9 Å². The molecule has 0 aromatic heterocycles. The largest absolute Gasteiger partial charge is 0.481 e. The lowest BCUT2D eigenvalue weighted by Crippen LogP contribution is -2.42. The average molecular weight is 356 g/mol. The first-order valence-corrected chi connectivity index (χ1v) is 7.47. The van der Waals surface area contributed by atoms with Crippen LogP contribution < -0.4 is 9.47 Å². The topological polar surface area (TPSA) is 76.1 Å². The van der Waals surface area contributed by atoms with E-state index >= 15 is 0 Å². The van der Waals surface area contributed by atoms with Gasteiger partial charge in [0.25, 0.3) is 5.91 Å². The number of ether oxygens (including phenoxy) is 2. The normalized spacial score (nSPS) is 20.4. The highest BCUT2D eigenvalue weighted by atomic mass is 79.9. The van der Waals surface area contributed by atoms with Crippen LogP contribution in [0.15, 0.2) is 16.6 Å². The first kappa shape index (κ1) is 14.2. The number of amides is 1. The second-order valence-electron chi connectivity index (χ2n) is 5.11. The molecule has 0 spiro atoms. The SMILES string of the molecule is O=C(O)C1CCCN(C(=O)c2cc3c(cc2Br)OCO3)C1. The summed E-state index contributed by atoms with van der Waals surface area (Å²) in [5.41, 5.74) is 0.463. The lowest BCUT2D eigenvalue weighted by atomic mass is 9.97. The second-order valence-corrected chi connectivity index (χ2v) is 5.97. The van der Waals surface area contributed by atoms with E-state index < -0.39 is 11.9 Å². The van der Waals surface area contributed by atoms with Crippen LogP contribution in [0, 0.1) is 5.92 Å². The van der Waals surface area contributed by atoms with E-state index in [1.807, 2.05) is 0 Å². The zero-order valence-corrected chi connectivity index (χ0v) is 12.8. The van der Waals surface area contributed by atoms with Gasteiger partial charge in [-0.15, -0.1) is 0 Å². The van der Waals surface area contributed by atoms with Crippen LogP contribution in [0.2, 0.25) is 0 Å². The molecule has 0 radical (unpaired) electrons. The minimum Gasteiger partial charge on any atom is -0.481 e. The number of piperidine rings is 1. The molecule has 1 unspecified atom stereocenters. The number of hydrogen-bond acceptors (Lipinski definition) is 4. The van der Waals surface area contributed by atoms with E-state index in [0.717, 1.165) is 0 Å². The summed E-state index contributed by atoms with van der Waals surface area (Å²) in [6.07, 6.45) is 1.31. The van der Waals surface area contributed by atoms with Crippen LogP contribution in [0.5, 0.6) is 11.5 Å². The Balaban J connectivity index is 1.83. The van der Waals surface area contributed by atoms with Crippen molar-refractivity contribution in [2.45, 2.75) is 12.8 Å². The summed E-state index contributed by atoms with van der Waals surface area (Å²) in [4.78, 5) is 25.3. The van der Waals surface area contributed by atoms with Crippen molar-refractivity contribution in [3.05, 3.63) is 22.2 Å². The summed E-state index contributed by atoms with van der Waals surface area (Å²) in [6, 6.07) is 3.34. The number of benzene rings is 1. The van der Waals surface area contributed by atoms with Gasteiger partial charge in [-0.3, -0.25) is 9.59 Å². The van der Waals surface area contributed by atoms with Crippen molar-refractivity contribution < 1.29 is 24.2 Å². The monoisotopic (exact) mass is 355 g/mol. The summed E-state index contributed by atoms with van der Waals surface area (Å²) in [7, 11) is 0. The standard InChI is InChI=1S/C14H14BrNO5/c15-10-5-12-11(20-7-21-12)4-9(10)13(17)16-3-1-2-8(6-16)14(18)19/h4-5,8H,1-3,6-7H2,(H,18,19). The van der Waals surface area contributed by atoms with Crippen molar-refractivity contribution in [2.24, 2.45) is 5.92 Å². The number of aliphatic carboxylic acids is 1. The highest BCUT2D eigenvalue weighted by Gasteiger charge is 2.30. The molecule has 6 nitrogen and oxygen atoms in total. The number of hydrogen-bond donors (Lipinski definition) is 1. The quantitative estimate of drug-likeness (QED) is 0.879.